The van der Waals surface area contributed by atoms with Gasteiger partial charge in [-0.2, -0.15) is 13.2 Å². The lowest BCUT2D eigenvalue weighted by atomic mass is 10.1. The van der Waals surface area contributed by atoms with Crippen LogP contribution in [0, 0.1) is 5.82 Å². The Morgan fingerprint density at radius 2 is 1.90 bits per heavy atom. The number of hydrogen-bond acceptors (Lipinski definition) is 2. The number of hydrogen-bond donors (Lipinski definition) is 0. The van der Waals surface area contributed by atoms with Crippen molar-refractivity contribution in [1.29, 1.82) is 0 Å². The van der Waals surface area contributed by atoms with Crippen LogP contribution in [0.3, 0.4) is 0 Å². The van der Waals surface area contributed by atoms with Crippen molar-refractivity contribution < 1.29 is 22.3 Å². The number of halogens is 4. The minimum Gasteiger partial charge on any atom is -0.436 e. The maximum Gasteiger partial charge on any atom is 0.433 e. The Kier molecular flexibility index (Phi) is 3.92. The van der Waals surface area contributed by atoms with Gasteiger partial charge in [-0.3, -0.25) is 0 Å². The molecule has 2 nitrogen and oxygen atoms in total. The summed E-state index contributed by atoms with van der Waals surface area (Å²) < 4.78 is 56.2. The van der Waals surface area contributed by atoms with Crippen molar-refractivity contribution >= 4 is 0 Å². The summed E-state index contributed by atoms with van der Waals surface area (Å²) in [5.41, 5.74) is -0.313. The molecule has 0 fully saturated rings. The highest BCUT2D eigenvalue weighted by Crippen LogP contribution is 2.30. The Hall–Kier alpha value is -2.11. The van der Waals surface area contributed by atoms with E-state index in [1.54, 1.807) is 6.07 Å². The van der Waals surface area contributed by atoms with Gasteiger partial charge < -0.3 is 4.74 Å². The third-order valence-corrected chi connectivity index (χ3v) is 2.63. The SMILES string of the molecule is CCc1ccc(Oc2cccc(C(F)(F)F)n2)c(F)c1. The molecular formula is C14H11F4NO. The minimum atomic E-state index is -4.57. The van der Waals surface area contributed by atoms with Gasteiger partial charge in [-0.1, -0.05) is 19.1 Å². The van der Waals surface area contributed by atoms with Gasteiger partial charge in [0.05, 0.1) is 0 Å². The van der Waals surface area contributed by atoms with E-state index < -0.39 is 17.7 Å². The van der Waals surface area contributed by atoms with E-state index in [1.807, 2.05) is 6.92 Å². The van der Waals surface area contributed by atoms with E-state index in [2.05, 4.69) is 4.98 Å². The number of nitrogens with zero attached hydrogens (tertiary/aromatic N) is 1. The number of alkyl halides is 3. The quantitative estimate of drug-likeness (QED) is 0.769. The zero-order valence-electron chi connectivity index (χ0n) is 10.5. The highest BCUT2D eigenvalue weighted by molar-refractivity contribution is 5.32. The summed E-state index contributed by atoms with van der Waals surface area (Å²) in [6.07, 6.45) is -3.91. The van der Waals surface area contributed by atoms with Gasteiger partial charge in [0, 0.05) is 6.07 Å². The second-order valence-electron chi connectivity index (χ2n) is 4.08. The van der Waals surface area contributed by atoms with Gasteiger partial charge in [0.1, 0.15) is 5.69 Å². The monoisotopic (exact) mass is 285 g/mol. The van der Waals surface area contributed by atoms with Crippen molar-refractivity contribution in [2.75, 3.05) is 0 Å². The van der Waals surface area contributed by atoms with Crippen molar-refractivity contribution in [2.45, 2.75) is 19.5 Å². The lowest BCUT2D eigenvalue weighted by molar-refractivity contribution is -0.141. The molecule has 2 aromatic rings. The van der Waals surface area contributed by atoms with Gasteiger partial charge in [0.2, 0.25) is 5.88 Å². The number of ether oxygens (including phenoxy) is 1. The molecule has 0 N–H and O–H groups in total. The number of benzene rings is 1. The maximum absolute atomic E-state index is 13.7. The standard InChI is InChI=1S/C14H11F4NO/c1-2-9-6-7-11(10(15)8-9)20-13-5-3-4-12(19-13)14(16,17)18/h3-8H,2H2,1H3. The summed E-state index contributed by atoms with van der Waals surface area (Å²) in [5, 5.41) is 0. The van der Waals surface area contributed by atoms with E-state index in [-0.39, 0.29) is 11.6 Å². The fourth-order valence-electron chi connectivity index (χ4n) is 1.59. The Morgan fingerprint density at radius 1 is 1.15 bits per heavy atom. The second-order valence-corrected chi connectivity index (χ2v) is 4.08. The van der Waals surface area contributed by atoms with E-state index in [1.165, 1.54) is 18.2 Å². The summed E-state index contributed by atoms with van der Waals surface area (Å²) in [4.78, 5) is 3.31. The fourth-order valence-corrected chi connectivity index (χ4v) is 1.59. The van der Waals surface area contributed by atoms with Gasteiger partial charge >= 0.3 is 6.18 Å². The molecule has 20 heavy (non-hydrogen) atoms. The lowest BCUT2D eigenvalue weighted by Gasteiger charge is -2.09. The number of pyridine rings is 1. The smallest absolute Gasteiger partial charge is 0.433 e. The largest absolute Gasteiger partial charge is 0.436 e. The topological polar surface area (TPSA) is 22.1 Å². The van der Waals surface area contributed by atoms with Crippen LogP contribution >= 0.6 is 0 Å². The molecule has 0 bridgehead atoms. The summed E-state index contributed by atoms with van der Waals surface area (Å²) in [5.74, 6) is -1.10. The molecule has 0 unspecified atom stereocenters. The van der Waals surface area contributed by atoms with Crippen LogP contribution in [0.25, 0.3) is 0 Å². The molecule has 0 radical (unpaired) electrons. The highest BCUT2D eigenvalue weighted by Gasteiger charge is 2.32. The van der Waals surface area contributed by atoms with Crippen LogP contribution in [-0.4, -0.2) is 4.98 Å². The van der Waals surface area contributed by atoms with Crippen LogP contribution in [0.2, 0.25) is 0 Å². The Balaban J connectivity index is 2.26. The predicted molar refractivity (Wildman–Crippen MR) is 65.1 cm³/mol. The molecule has 2 rings (SSSR count). The molecule has 0 aliphatic rings. The van der Waals surface area contributed by atoms with Gasteiger partial charge in [-0.15, -0.1) is 0 Å². The molecule has 6 heteroatoms. The van der Waals surface area contributed by atoms with E-state index >= 15 is 0 Å². The second kappa shape index (κ2) is 5.48. The van der Waals surface area contributed by atoms with Crippen molar-refractivity contribution in [3.63, 3.8) is 0 Å². The van der Waals surface area contributed by atoms with Gasteiger partial charge in [0.25, 0.3) is 0 Å². The third-order valence-electron chi connectivity index (χ3n) is 2.63. The van der Waals surface area contributed by atoms with E-state index in [0.29, 0.717) is 6.42 Å². The van der Waals surface area contributed by atoms with Gasteiger partial charge in [-0.05, 0) is 30.2 Å². The molecule has 0 saturated heterocycles. The molecule has 0 amide bonds. The molecule has 1 aromatic heterocycles. The molecule has 0 atom stereocenters. The van der Waals surface area contributed by atoms with Crippen LogP contribution < -0.4 is 4.74 Å². The first-order valence-corrected chi connectivity index (χ1v) is 5.90. The van der Waals surface area contributed by atoms with Crippen LogP contribution in [0.5, 0.6) is 11.6 Å². The summed E-state index contributed by atoms with van der Waals surface area (Å²) in [7, 11) is 0. The average Bonchev–Trinajstić information content (AvgIpc) is 2.40. The van der Waals surface area contributed by atoms with Crippen LogP contribution in [0.4, 0.5) is 17.6 Å². The van der Waals surface area contributed by atoms with Crippen molar-refractivity contribution in [2.24, 2.45) is 0 Å². The zero-order valence-corrected chi connectivity index (χ0v) is 10.5. The molecule has 0 spiro atoms. The lowest BCUT2D eigenvalue weighted by Crippen LogP contribution is -2.08. The third kappa shape index (κ3) is 3.26. The maximum atomic E-state index is 13.7. The Morgan fingerprint density at radius 3 is 2.50 bits per heavy atom. The fraction of sp³-hybridized carbons (Fsp3) is 0.214. The van der Waals surface area contributed by atoms with Crippen molar-refractivity contribution in [3.05, 3.63) is 53.5 Å². The molecule has 1 aromatic carbocycles. The molecule has 0 saturated carbocycles. The van der Waals surface area contributed by atoms with E-state index in [9.17, 15) is 17.6 Å². The normalized spacial score (nSPS) is 11.4. The molecule has 0 aliphatic carbocycles. The summed E-state index contributed by atoms with van der Waals surface area (Å²) >= 11 is 0. The van der Waals surface area contributed by atoms with E-state index in [4.69, 9.17) is 4.74 Å². The number of aryl methyl sites for hydroxylation is 1. The first-order chi connectivity index (χ1) is 9.40. The highest BCUT2D eigenvalue weighted by atomic mass is 19.4. The predicted octanol–water partition coefficient (Wildman–Crippen LogP) is 4.59. The Bertz CT molecular complexity index is 610. The summed E-state index contributed by atoms with van der Waals surface area (Å²) in [6, 6.07) is 7.51. The molecule has 0 aliphatic heterocycles. The van der Waals surface area contributed by atoms with Crippen molar-refractivity contribution in [1.82, 2.24) is 4.98 Å². The van der Waals surface area contributed by atoms with Crippen LogP contribution in [0.1, 0.15) is 18.2 Å². The van der Waals surface area contributed by atoms with Crippen LogP contribution in [0.15, 0.2) is 36.4 Å². The molecular weight excluding hydrogens is 274 g/mol. The van der Waals surface area contributed by atoms with Crippen molar-refractivity contribution in [3.8, 4) is 11.6 Å². The average molecular weight is 285 g/mol. The first-order valence-electron chi connectivity index (χ1n) is 5.90. The molecule has 106 valence electrons. The van der Waals surface area contributed by atoms with Gasteiger partial charge in [-0.25, -0.2) is 9.37 Å². The number of aromatic nitrogens is 1. The zero-order chi connectivity index (χ0) is 14.8. The Labute approximate surface area is 113 Å². The van der Waals surface area contributed by atoms with Gasteiger partial charge in [0.15, 0.2) is 11.6 Å². The number of rotatable bonds is 3. The first kappa shape index (κ1) is 14.3. The minimum absolute atomic E-state index is 0.158. The summed E-state index contributed by atoms with van der Waals surface area (Å²) in [6.45, 7) is 1.86. The molecule has 1 heterocycles. The van der Waals surface area contributed by atoms with E-state index in [0.717, 1.165) is 17.7 Å². The van der Waals surface area contributed by atoms with Crippen LogP contribution in [-0.2, 0) is 12.6 Å².